The standard InChI is InChI=1S/C18H19Cl2NO2/c1-10-8-11(2)12(3)16(9-10)23-13(4)18(22)21-17-14(19)6-5-7-15(17)20/h5-9,13H,1-4H3,(H,21,22)/t13-/m1/s1. The molecule has 2 aromatic carbocycles. The van der Waals surface area contributed by atoms with Crippen LogP contribution in [0.3, 0.4) is 0 Å². The summed E-state index contributed by atoms with van der Waals surface area (Å²) in [5.74, 6) is 0.397. The Kier molecular flexibility index (Phi) is 5.55. The van der Waals surface area contributed by atoms with Gasteiger partial charge in [-0.1, -0.05) is 35.3 Å². The molecule has 1 amide bonds. The predicted octanol–water partition coefficient (Wildman–Crippen LogP) is 5.32. The summed E-state index contributed by atoms with van der Waals surface area (Å²) in [4.78, 5) is 12.3. The molecule has 2 aromatic rings. The number of amides is 1. The van der Waals surface area contributed by atoms with Crippen molar-refractivity contribution in [3.05, 3.63) is 57.1 Å². The van der Waals surface area contributed by atoms with Gasteiger partial charge in [-0.2, -0.15) is 0 Å². The number of carbonyl (C=O) groups excluding carboxylic acids is 1. The van der Waals surface area contributed by atoms with Crippen LogP contribution in [0.15, 0.2) is 30.3 Å². The van der Waals surface area contributed by atoms with E-state index in [1.165, 1.54) is 0 Å². The molecule has 0 bridgehead atoms. The molecule has 0 fully saturated rings. The van der Waals surface area contributed by atoms with E-state index in [2.05, 4.69) is 11.4 Å². The highest BCUT2D eigenvalue weighted by molar-refractivity contribution is 6.39. The lowest BCUT2D eigenvalue weighted by molar-refractivity contribution is -0.122. The van der Waals surface area contributed by atoms with E-state index < -0.39 is 6.10 Å². The zero-order valence-electron chi connectivity index (χ0n) is 13.5. The first-order valence-electron chi connectivity index (χ1n) is 7.29. The molecule has 0 aromatic heterocycles. The van der Waals surface area contributed by atoms with Crippen LogP contribution in [0, 0.1) is 20.8 Å². The quantitative estimate of drug-likeness (QED) is 0.808. The highest BCUT2D eigenvalue weighted by Crippen LogP contribution is 2.30. The predicted molar refractivity (Wildman–Crippen MR) is 95.8 cm³/mol. The molecule has 0 spiro atoms. The van der Waals surface area contributed by atoms with Gasteiger partial charge < -0.3 is 10.1 Å². The summed E-state index contributed by atoms with van der Waals surface area (Å²) in [6, 6.07) is 9.06. The van der Waals surface area contributed by atoms with E-state index in [1.54, 1.807) is 25.1 Å². The zero-order valence-corrected chi connectivity index (χ0v) is 15.0. The number of hydrogen-bond donors (Lipinski definition) is 1. The first-order chi connectivity index (χ1) is 10.8. The van der Waals surface area contributed by atoms with Crippen molar-refractivity contribution in [1.82, 2.24) is 0 Å². The Labute approximate surface area is 146 Å². The average molecular weight is 352 g/mol. The van der Waals surface area contributed by atoms with Gasteiger partial charge in [0.05, 0.1) is 15.7 Å². The molecule has 23 heavy (non-hydrogen) atoms. The van der Waals surface area contributed by atoms with Crippen LogP contribution in [0.25, 0.3) is 0 Å². The summed E-state index contributed by atoms with van der Waals surface area (Å²) in [5.41, 5.74) is 3.63. The molecule has 0 aliphatic carbocycles. The third-order valence-electron chi connectivity index (χ3n) is 3.65. The fourth-order valence-corrected chi connectivity index (χ4v) is 2.70. The van der Waals surface area contributed by atoms with Crippen LogP contribution in [0.5, 0.6) is 5.75 Å². The molecule has 0 aliphatic rings. The second kappa shape index (κ2) is 7.24. The third-order valence-corrected chi connectivity index (χ3v) is 4.28. The van der Waals surface area contributed by atoms with Crippen LogP contribution < -0.4 is 10.1 Å². The van der Waals surface area contributed by atoms with Gasteiger partial charge in [-0.3, -0.25) is 4.79 Å². The summed E-state index contributed by atoms with van der Waals surface area (Å²) in [6.45, 7) is 7.67. The Morgan fingerprint density at radius 3 is 2.35 bits per heavy atom. The van der Waals surface area contributed by atoms with Gasteiger partial charge in [0.1, 0.15) is 5.75 Å². The number of ether oxygens (including phenoxy) is 1. The number of halogens is 2. The topological polar surface area (TPSA) is 38.3 Å². The van der Waals surface area contributed by atoms with E-state index >= 15 is 0 Å². The number of rotatable bonds is 4. The van der Waals surface area contributed by atoms with Crippen molar-refractivity contribution in [3.8, 4) is 5.75 Å². The minimum atomic E-state index is -0.678. The van der Waals surface area contributed by atoms with Crippen molar-refractivity contribution in [2.24, 2.45) is 0 Å². The Hall–Kier alpha value is -1.71. The first kappa shape index (κ1) is 17.6. The van der Waals surface area contributed by atoms with Crippen molar-refractivity contribution in [3.63, 3.8) is 0 Å². The molecule has 2 rings (SSSR count). The van der Waals surface area contributed by atoms with Crippen molar-refractivity contribution < 1.29 is 9.53 Å². The number of benzene rings is 2. The number of hydrogen-bond acceptors (Lipinski definition) is 2. The summed E-state index contributed by atoms with van der Waals surface area (Å²) < 4.78 is 5.82. The van der Waals surface area contributed by atoms with Gasteiger partial charge in [-0.15, -0.1) is 0 Å². The summed E-state index contributed by atoms with van der Waals surface area (Å²) in [6.07, 6.45) is -0.678. The van der Waals surface area contributed by atoms with E-state index in [-0.39, 0.29) is 5.91 Å². The Bertz CT molecular complexity index is 724. The minimum Gasteiger partial charge on any atom is -0.481 e. The smallest absolute Gasteiger partial charge is 0.265 e. The maximum absolute atomic E-state index is 12.3. The molecule has 0 saturated heterocycles. The highest BCUT2D eigenvalue weighted by Gasteiger charge is 2.19. The summed E-state index contributed by atoms with van der Waals surface area (Å²) in [5, 5.41) is 3.50. The van der Waals surface area contributed by atoms with Crippen molar-refractivity contribution in [1.29, 1.82) is 0 Å². The zero-order chi connectivity index (χ0) is 17.1. The van der Waals surface area contributed by atoms with Gasteiger partial charge in [0.25, 0.3) is 5.91 Å². The Morgan fingerprint density at radius 2 is 1.74 bits per heavy atom. The molecule has 0 unspecified atom stereocenters. The SMILES string of the molecule is Cc1cc(C)c(C)c(O[C@H](C)C(=O)Nc2c(Cl)cccc2Cl)c1. The van der Waals surface area contributed by atoms with Crippen LogP contribution >= 0.6 is 23.2 Å². The molecule has 0 heterocycles. The van der Waals surface area contributed by atoms with Crippen LogP contribution in [0.4, 0.5) is 5.69 Å². The van der Waals surface area contributed by atoms with Crippen LogP contribution in [0.2, 0.25) is 10.0 Å². The van der Waals surface area contributed by atoms with Gasteiger partial charge in [0.2, 0.25) is 0 Å². The molecule has 0 saturated carbocycles. The molecular formula is C18H19Cl2NO2. The molecular weight excluding hydrogens is 333 g/mol. The lowest BCUT2D eigenvalue weighted by atomic mass is 10.1. The Morgan fingerprint density at radius 1 is 1.13 bits per heavy atom. The lowest BCUT2D eigenvalue weighted by Crippen LogP contribution is -2.30. The second-order valence-electron chi connectivity index (χ2n) is 5.55. The Balaban J connectivity index is 2.15. The number of para-hydroxylation sites is 1. The summed E-state index contributed by atoms with van der Waals surface area (Å²) in [7, 11) is 0. The minimum absolute atomic E-state index is 0.307. The molecule has 1 atom stereocenters. The van der Waals surface area contributed by atoms with Gasteiger partial charge in [-0.25, -0.2) is 0 Å². The van der Waals surface area contributed by atoms with Gasteiger partial charge in [-0.05, 0) is 62.6 Å². The maximum Gasteiger partial charge on any atom is 0.265 e. The fourth-order valence-electron chi connectivity index (χ4n) is 2.21. The lowest BCUT2D eigenvalue weighted by Gasteiger charge is -2.18. The molecule has 0 aliphatic heterocycles. The normalized spacial score (nSPS) is 11.9. The van der Waals surface area contributed by atoms with E-state index in [1.807, 2.05) is 26.8 Å². The molecule has 0 radical (unpaired) electrons. The number of anilines is 1. The number of carbonyl (C=O) groups is 1. The number of aryl methyl sites for hydroxylation is 2. The number of nitrogens with one attached hydrogen (secondary N) is 1. The van der Waals surface area contributed by atoms with Gasteiger partial charge in [0.15, 0.2) is 6.10 Å². The van der Waals surface area contributed by atoms with Crippen LogP contribution in [-0.4, -0.2) is 12.0 Å². The van der Waals surface area contributed by atoms with Crippen molar-refractivity contribution in [2.75, 3.05) is 5.32 Å². The van der Waals surface area contributed by atoms with Crippen LogP contribution in [0.1, 0.15) is 23.6 Å². The van der Waals surface area contributed by atoms with Gasteiger partial charge in [0, 0.05) is 0 Å². The summed E-state index contributed by atoms with van der Waals surface area (Å²) >= 11 is 12.1. The van der Waals surface area contributed by atoms with E-state index in [0.717, 1.165) is 16.7 Å². The van der Waals surface area contributed by atoms with Gasteiger partial charge >= 0.3 is 0 Å². The highest BCUT2D eigenvalue weighted by atomic mass is 35.5. The molecule has 122 valence electrons. The van der Waals surface area contributed by atoms with Crippen molar-refractivity contribution in [2.45, 2.75) is 33.8 Å². The van der Waals surface area contributed by atoms with Crippen molar-refractivity contribution >= 4 is 34.8 Å². The van der Waals surface area contributed by atoms with Crippen LogP contribution in [-0.2, 0) is 4.79 Å². The first-order valence-corrected chi connectivity index (χ1v) is 8.04. The fraction of sp³-hybridized carbons (Fsp3) is 0.278. The molecule has 5 heteroatoms. The third kappa shape index (κ3) is 4.18. The largest absolute Gasteiger partial charge is 0.481 e. The second-order valence-corrected chi connectivity index (χ2v) is 6.37. The maximum atomic E-state index is 12.3. The van der Waals surface area contributed by atoms with E-state index in [0.29, 0.717) is 21.5 Å². The van der Waals surface area contributed by atoms with E-state index in [4.69, 9.17) is 27.9 Å². The van der Waals surface area contributed by atoms with E-state index in [9.17, 15) is 4.79 Å². The average Bonchev–Trinajstić information content (AvgIpc) is 2.47. The molecule has 3 nitrogen and oxygen atoms in total. The molecule has 1 N–H and O–H groups in total. The monoisotopic (exact) mass is 351 g/mol.